The zero-order chi connectivity index (χ0) is 12.4. The molecule has 2 aromatic heterocycles. The Kier molecular flexibility index (Phi) is 4.61. The van der Waals surface area contributed by atoms with Crippen molar-refractivity contribution in [2.75, 3.05) is 31.6 Å². The Labute approximate surface area is 119 Å². The number of aromatic nitrogens is 3. The molecule has 1 aliphatic rings. The SMILES string of the molecule is CN(CC1CCNCC1)c1nc2ncccc2[nH]1.Cl. The summed E-state index contributed by atoms with van der Waals surface area (Å²) in [6.45, 7) is 3.34. The van der Waals surface area contributed by atoms with Crippen molar-refractivity contribution >= 4 is 29.5 Å². The summed E-state index contributed by atoms with van der Waals surface area (Å²) in [5.74, 6) is 1.68. The standard InChI is InChI=1S/C13H19N5.ClH/c1-18(9-10-4-7-14-8-5-10)13-16-11-3-2-6-15-12(11)17-13;/h2-3,6,10,14H,4-5,7-9H2,1H3,(H,15,16,17);1H. The van der Waals surface area contributed by atoms with Crippen molar-refractivity contribution in [3.05, 3.63) is 18.3 Å². The van der Waals surface area contributed by atoms with E-state index in [4.69, 9.17) is 0 Å². The molecule has 2 aromatic rings. The van der Waals surface area contributed by atoms with Gasteiger partial charge < -0.3 is 15.2 Å². The van der Waals surface area contributed by atoms with E-state index >= 15 is 0 Å². The second-order valence-electron chi connectivity index (χ2n) is 5.01. The molecule has 104 valence electrons. The molecule has 0 aromatic carbocycles. The fraction of sp³-hybridized carbons (Fsp3) is 0.538. The molecule has 0 aliphatic carbocycles. The van der Waals surface area contributed by atoms with Crippen LogP contribution in [0.2, 0.25) is 0 Å². The molecule has 2 N–H and O–H groups in total. The van der Waals surface area contributed by atoms with Crippen molar-refractivity contribution in [1.82, 2.24) is 20.3 Å². The highest BCUT2D eigenvalue weighted by atomic mass is 35.5. The number of H-pyrrole nitrogens is 1. The van der Waals surface area contributed by atoms with Gasteiger partial charge in [-0.3, -0.25) is 0 Å². The summed E-state index contributed by atoms with van der Waals surface area (Å²) in [7, 11) is 2.10. The van der Waals surface area contributed by atoms with Gasteiger partial charge in [0.1, 0.15) is 0 Å². The number of rotatable bonds is 3. The Balaban J connectivity index is 0.00000133. The molecule has 0 atom stereocenters. The van der Waals surface area contributed by atoms with Crippen LogP contribution >= 0.6 is 12.4 Å². The first-order valence-corrected chi connectivity index (χ1v) is 6.55. The summed E-state index contributed by atoms with van der Waals surface area (Å²) in [5, 5.41) is 3.40. The van der Waals surface area contributed by atoms with Gasteiger partial charge in [-0.05, 0) is 44.0 Å². The maximum absolute atomic E-state index is 4.52. The third-order valence-corrected chi connectivity index (χ3v) is 3.60. The van der Waals surface area contributed by atoms with Gasteiger partial charge in [0.15, 0.2) is 5.65 Å². The molecule has 6 heteroatoms. The van der Waals surface area contributed by atoms with E-state index in [0.29, 0.717) is 0 Å². The first-order valence-electron chi connectivity index (χ1n) is 6.55. The highest BCUT2D eigenvalue weighted by molar-refractivity contribution is 5.85. The van der Waals surface area contributed by atoms with Crippen LogP contribution in [-0.2, 0) is 0 Å². The largest absolute Gasteiger partial charge is 0.345 e. The van der Waals surface area contributed by atoms with Gasteiger partial charge in [-0.25, -0.2) is 4.98 Å². The minimum Gasteiger partial charge on any atom is -0.345 e. The number of hydrogen-bond donors (Lipinski definition) is 2. The molecule has 0 bridgehead atoms. The Hall–Kier alpha value is -1.33. The van der Waals surface area contributed by atoms with E-state index in [0.717, 1.165) is 42.7 Å². The molecule has 0 saturated carbocycles. The van der Waals surface area contributed by atoms with Crippen LogP contribution in [0.15, 0.2) is 18.3 Å². The van der Waals surface area contributed by atoms with Crippen LogP contribution in [0.25, 0.3) is 11.2 Å². The normalized spacial score (nSPS) is 16.3. The first-order chi connectivity index (χ1) is 8.83. The van der Waals surface area contributed by atoms with Gasteiger partial charge in [0, 0.05) is 19.8 Å². The lowest BCUT2D eigenvalue weighted by Crippen LogP contribution is -2.34. The molecule has 5 nitrogen and oxygen atoms in total. The van der Waals surface area contributed by atoms with Crippen LogP contribution in [-0.4, -0.2) is 41.6 Å². The molecule has 3 heterocycles. The molecule has 1 saturated heterocycles. The maximum Gasteiger partial charge on any atom is 0.205 e. The van der Waals surface area contributed by atoms with Crippen LogP contribution < -0.4 is 10.2 Å². The zero-order valence-corrected chi connectivity index (χ0v) is 11.9. The number of aromatic amines is 1. The number of piperidine rings is 1. The molecule has 3 rings (SSSR count). The Morgan fingerprint density at radius 1 is 1.37 bits per heavy atom. The van der Waals surface area contributed by atoms with Gasteiger partial charge in [0.25, 0.3) is 0 Å². The molecule has 19 heavy (non-hydrogen) atoms. The lowest BCUT2D eigenvalue weighted by molar-refractivity contribution is 0.377. The number of hydrogen-bond acceptors (Lipinski definition) is 4. The minimum atomic E-state index is 0. The average molecular weight is 282 g/mol. The van der Waals surface area contributed by atoms with Crippen LogP contribution in [0.3, 0.4) is 0 Å². The second kappa shape index (κ2) is 6.21. The van der Waals surface area contributed by atoms with Crippen molar-refractivity contribution < 1.29 is 0 Å². The smallest absolute Gasteiger partial charge is 0.205 e. The van der Waals surface area contributed by atoms with Gasteiger partial charge in [0.05, 0.1) is 5.52 Å². The molecular formula is C13H20ClN5. The Bertz CT molecular complexity index is 487. The van der Waals surface area contributed by atoms with E-state index in [1.165, 1.54) is 12.8 Å². The molecule has 0 radical (unpaired) electrons. The summed E-state index contributed by atoms with van der Waals surface area (Å²) in [6, 6.07) is 3.94. The molecule has 0 spiro atoms. The quantitative estimate of drug-likeness (QED) is 0.901. The monoisotopic (exact) mass is 281 g/mol. The predicted molar refractivity (Wildman–Crippen MR) is 80.0 cm³/mol. The number of nitrogens with one attached hydrogen (secondary N) is 2. The van der Waals surface area contributed by atoms with Crippen LogP contribution in [0.1, 0.15) is 12.8 Å². The fourth-order valence-electron chi connectivity index (χ4n) is 2.55. The number of fused-ring (bicyclic) bond motifs is 1. The number of imidazole rings is 1. The van der Waals surface area contributed by atoms with Crippen molar-refractivity contribution in [3.8, 4) is 0 Å². The molecule has 1 fully saturated rings. The number of anilines is 1. The molecular weight excluding hydrogens is 262 g/mol. The lowest BCUT2D eigenvalue weighted by atomic mass is 9.98. The number of nitrogens with zero attached hydrogens (tertiary/aromatic N) is 3. The van der Waals surface area contributed by atoms with Gasteiger partial charge >= 0.3 is 0 Å². The number of halogens is 1. The van der Waals surface area contributed by atoms with Crippen LogP contribution in [0.5, 0.6) is 0 Å². The van der Waals surface area contributed by atoms with E-state index in [1.807, 2.05) is 12.1 Å². The van der Waals surface area contributed by atoms with Crippen molar-refractivity contribution in [3.63, 3.8) is 0 Å². The lowest BCUT2D eigenvalue weighted by Gasteiger charge is -2.27. The molecule has 0 unspecified atom stereocenters. The Morgan fingerprint density at radius 3 is 2.89 bits per heavy atom. The van der Waals surface area contributed by atoms with E-state index in [-0.39, 0.29) is 12.4 Å². The van der Waals surface area contributed by atoms with E-state index in [1.54, 1.807) is 6.20 Å². The third-order valence-electron chi connectivity index (χ3n) is 3.60. The zero-order valence-electron chi connectivity index (χ0n) is 11.1. The minimum absolute atomic E-state index is 0. The van der Waals surface area contributed by atoms with Crippen LogP contribution in [0.4, 0.5) is 5.95 Å². The summed E-state index contributed by atoms with van der Waals surface area (Å²) >= 11 is 0. The average Bonchev–Trinajstić information content (AvgIpc) is 2.84. The second-order valence-corrected chi connectivity index (χ2v) is 5.01. The van der Waals surface area contributed by atoms with Crippen LogP contribution in [0, 0.1) is 5.92 Å². The van der Waals surface area contributed by atoms with E-state index < -0.39 is 0 Å². The van der Waals surface area contributed by atoms with Gasteiger partial charge in [-0.1, -0.05) is 0 Å². The first kappa shape index (κ1) is 14.1. The van der Waals surface area contributed by atoms with E-state index in [9.17, 15) is 0 Å². The maximum atomic E-state index is 4.52. The van der Waals surface area contributed by atoms with Gasteiger partial charge in [0.2, 0.25) is 5.95 Å². The Morgan fingerprint density at radius 2 is 2.16 bits per heavy atom. The fourth-order valence-corrected chi connectivity index (χ4v) is 2.55. The summed E-state index contributed by atoms with van der Waals surface area (Å²) in [6.07, 6.45) is 4.28. The summed E-state index contributed by atoms with van der Waals surface area (Å²) in [5.41, 5.74) is 1.80. The van der Waals surface area contributed by atoms with Crippen molar-refractivity contribution in [1.29, 1.82) is 0 Å². The topological polar surface area (TPSA) is 56.8 Å². The van der Waals surface area contributed by atoms with Crippen molar-refractivity contribution in [2.24, 2.45) is 5.92 Å². The summed E-state index contributed by atoms with van der Waals surface area (Å²) < 4.78 is 0. The highest BCUT2D eigenvalue weighted by Gasteiger charge is 2.16. The van der Waals surface area contributed by atoms with Crippen molar-refractivity contribution in [2.45, 2.75) is 12.8 Å². The molecule has 1 aliphatic heterocycles. The molecule has 0 amide bonds. The van der Waals surface area contributed by atoms with E-state index in [2.05, 4.69) is 32.2 Å². The third kappa shape index (κ3) is 3.16. The number of pyridine rings is 1. The van der Waals surface area contributed by atoms with Gasteiger partial charge in [-0.15, -0.1) is 12.4 Å². The highest BCUT2D eigenvalue weighted by Crippen LogP contribution is 2.18. The summed E-state index contributed by atoms with van der Waals surface area (Å²) in [4.78, 5) is 14.3. The predicted octanol–water partition coefficient (Wildman–Crippen LogP) is 1.82. The van der Waals surface area contributed by atoms with Gasteiger partial charge in [-0.2, -0.15) is 4.98 Å².